The summed E-state index contributed by atoms with van der Waals surface area (Å²) in [4.78, 5) is 3.89. The first-order valence-electron chi connectivity index (χ1n) is 3.02. The van der Waals surface area contributed by atoms with E-state index in [0.717, 1.165) is 0 Å². The van der Waals surface area contributed by atoms with E-state index in [1.807, 2.05) is 0 Å². The molecule has 0 amide bonds. The Labute approximate surface area is 60.1 Å². The molecule has 0 spiro atoms. The highest BCUT2D eigenvalue weighted by Crippen LogP contribution is 2.04. The van der Waals surface area contributed by atoms with Crippen molar-refractivity contribution < 1.29 is 8.42 Å². The van der Waals surface area contributed by atoms with Crippen LogP contribution in [0.25, 0.3) is 0 Å². The van der Waals surface area contributed by atoms with Crippen LogP contribution < -0.4 is 5.73 Å². The Morgan fingerprint density at radius 1 is 1.70 bits per heavy atom. The minimum Gasteiger partial charge on any atom is -0.387 e. The van der Waals surface area contributed by atoms with Gasteiger partial charge in [-0.25, -0.2) is 8.42 Å². The van der Waals surface area contributed by atoms with Crippen molar-refractivity contribution in [1.29, 1.82) is 0 Å². The minimum absolute atomic E-state index is 0.0721. The second-order valence-electron chi connectivity index (χ2n) is 2.52. The molecule has 1 aliphatic heterocycles. The lowest BCUT2D eigenvalue weighted by Crippen LogP contribution is -2.35. The lowest BCUT2D eigenvalue weighted by molar-refractivity contribution is 0.591. The van der Waals surface area contributed by atoms with Crippen LogP contribution in [0.15, 0.2) is 4.99 Å². The van der Waals surface area contributed by atoms with Crippen molar-refractivity contribution in [2.24, 2.45) is 10.7 Å². The summed E-state index contributed by atoms with van der Waals surface area (Å²) in [7, 11) is -2.94. The summed E-state index contributed by atoms with van der Waals surface area (Å²) in [5, 5.41) is 0. The van der Waals surface area contributed by atoms with E-state index in [1.54, 1.807) is 6.92 Å². The Kier molecular flexibility index (Phi) is 1.68. The van der Waals surface area contributed by atoms with Gasteiger partial charge in [-0.1, -0.05) is 0 Å². The molecule has 0 bridgehead atoms. The highest BCUT2D eigenvalue weighted by Gasteiger charge is 2.21. The van der Waals surface area contributed by atoms with Gasteiger partial charge in [-0.3, -0.25) is 4.99 Å². The molecule has 0 aliphatic carbocycles. The molecule has 0 saturated heterocycles. The van der Waals surface area contributed by atoms with Crippen molar-refractivity contribution in [3.8, 4) is 0 Å². The van der Waals surface area contributed by atoms with Gasteiger partial charge in [0.2, 0.25) is 0 Å². The maximum Gasteiger partial charge on any atom is 0.159 e. The molecule has 1 atom stereocenters. The molecule has 0 aromatic heterocycles. The molecular formula is C5H10N2O2S. The van der Waals surface area contributed by atoms with Crippen molar-refractivity contribution in [3.05, 3.63) is 0 Å². The number of amidine groups is 1. The van der Waals surface area contributed by atoms with Crippen LogP contribution in [0.5, 0.6) is 0 Å². The fourth-order valence-corrected chi connectivity index (χ4v) is 2.46. The second kappa shape index (κ2) is 2.23. The van der Waals surface area contributed by atoms with Gasteiger partial charge < -0.3 is 5.73 Å². The van der Waals surface area contributed by atoms with Crippen LogP contribution in [0.3, 0.4) is 0 Å². The summed E-state index contributed by atoms with van der Waals surface area (Å²) in [6.45, 7) is 1.74. The van der Waals surface area contributed by atoms with Crippen molar-refractivity contribution >= 4 is 15.7 Å². The summed E-state index contributed by atoms with van der Waals surface area (Å²) in [6.07, 6.45) is 0. The summed E-state index contributed by atoms with van der Waals surface area (Å²) in [5.74, 6) is 0.296. The molecule has 1 aliphatic rings. The van der Waals surface area contributed by atoms with Crippen LogP contribution in [0.2, 0.25) is 0 Å². The highest BCUT2D eigenvalue weighted by atomic mass is 32.2. The average molecular weight is 162 g/mol. The van der Waals surface area contributed by atoms with Gasteiger partial charge in [0.1, 0.15) is 11.6 Å². The molecule has 5 heteroatoms. The van der Waals surface area contributed by atoms with E-state index in [1.165, 1.54) is 0 Å². The molecule has 2 N–H and O–H groups in total. The van der Waals surface area contributed by atoms with E-state index >= 15 is 0 Å². The lowest BCUT2D eigenvalue weighted by atomic mass is 10.4. The maximum atomic E-state index is 10.9. The molecule has 0 saturated carbocycles. The van der Waals surface area contributed by atoms with Crippen molar-refractivity contribution in [1.82, 2.24) is 0 Å². The van der Waals surface area contributed by atoms with E-state index < -0.39 is 9.84 Å². The van der Waals surface area contributed by atoms with Gasteiger partial charge in [-0.15, -0.1) is 0 Å². The molecule has 0 radical (unpaired) electrons. The third kappa shape index (κ3) is 1.70. The number of aliphatic imine (C=N–C) groups is 1. The van der Waals surface area contributed by atoms with Gasteiger partial charge in [0.15, 0.2) is 9.84 Å². The molecule has 0 unspecified atom stereocenters. The first-order valence-corrected chi connectivity index (χ1v) is 4.84. The monoisotopic (exact) mass is 162 g/mol. The third-order valence-electron chi connectivity index (χ3n) is 1.25. The van der Waals surface area contributed by atoms with Gasteiger partial charge >= 0.3 is 0 Å². The molecule has 0 aromatic rings. The summed E-state index contributed by atoms with van der Waals surface area (Å²) in [5.41, 5.74) is 5.27. The number of hydrogen-bond donors (Lipinski definition) is 1. The van der Waals surface area contributed by atoms with E-state index in [2.05, 4.69) is 4.99 Å². The maximum absolute atomic E-state index is 10.9. The number of hydrogen-bond acceptors (Lipinski definition) is 4. The van der Waals surface area contributed by atoms with Crippen LogP contribution >= 0.6 is 0 Å². The number of sulfone groups is 1. The average Bonchev–Trinajstić information content (AvgIpc) is 1.54. The molecule has 10 heavy (non-hydrogen) atoms. The minimum atomic E-state index is -2.94. The zero-order chi connectivity index (χ0) is 7.78. The Bertz CT molecular complexity index is 255. The van der Waals surface area contributed by atoms with Crippen molar-refractivity contribution in [2.75, 3.05) is 11.5 Å². The molecule has 1 rings (SSSR count). The molecular weight excluding hydrogens is 152 g/mol. The van der Waals surface area contributed by atoms with Gasteiger partial charge in [-0.2, -0.15) is 0 Å². The molecule has 4 nitrogen and oxygen atoms in total. The predicted octanol–water partition coefficient (Wildman–Crippen LogP) is -0.839. The van der Waals surface area contributed by atoms with E-state index in [4.69, 9.17) is 5.73 Å². The Balaban J connectivity index is 2.91. The number of rotatable bonds is 0. The zero-order valence-corrected chi connectivity index (χ0v) is 6.56. The Morgan fingerprint density at radius 3 is 2.70 bits per heavy atom. The molecule has 0 aromatic carbocycles. The fourth-order valence-electron chi connectivity index (χ4n) is 1.01. The van der Waals surface area contributed by atoms with Gasteiger partial charge in [-0.05, 0) is 6.92 Å². The summed E-state index contributed by atoms with van der Waals surface area (Å²) >= 11 is 0. The lowest BCUT2D eigenvalue weighted by Gasteiger charge is -2.14. The molecule has 0 fully saturated rings. The molecule has 1 heterocycles. The SMILES string of the molecule is C[C@@H]1CS(=O)(=O)CC(N)=N1. The molecule has 58 valence electrons. The topological polar surface area (TPSA) is 72.5 Å². The zero-order valence-electron chi connectivity index (χ0n) is 5.74. The van der Waals surface area contributed by atoms with Crippen LogP contribution in [0.4, 0.5) is 0 Å². The highest BCUT2D eigenvalue weighted by molar-refractivity contribution is 7.92. The first-order chi connectivity index (χ1) is 4.49. The van der Waals surface area contributed by atoms with Gasteiger partial charge in [0, 0.05) is 0 Å². The Hall–Kier alpha value is -0.580. The van der Waals surface area contributed by atoms with E-state index in [9.17, 15) is 8.42 Å². The fraction of sp³-hybridized carbons (Fsp3) is 0.800. The number of nitrogens with two attached hydrogens (primary N) is 1. The predicted molar refractivity (Wildman–Crippen MR) is 39.7 cm³/mol. The normalized spacial score (nSPS) is 31.3. The number of nitrogens with zero attached hydrogens (tertiary/aromatic N) is 1. The van der Waals surface area contributed by atoms with Gasteiger partial charge in [0.25, 0.3) is 0 Å². The summed E-state index contributed by atoms with van der Waals surface area (Å²) in [6, 6.07) is -0.168. The first kappa shape index (κ1) is 7.53. The van der Waals surface area contributed by atoms with Crippen LogP contribution in [0.1, 0.15) is 6.92 Å². The smallest absolute Gasteiger partial charge is 0.159 e. The van der Waals surface area contributed by atoms with E-state index in [0.29, 0.717) is 0 Å². The summed E-state index contributed by atoms with van der Waals surface area (Å²) < 4.78 is 21.8. The van der Waals surface area contributed by atoms with Gasteiger partial charge in [0.05, 0.1) is 11.8 Å². The third-order valence-corrected chi connectivity index (χ3v) is 2.98. The van der Waals surface area contributed by atoms with E-state index in [-0.39, 0.29) is 23.4 Å². The van der Waals surface area contributed by atoms with Crippen molar-refractivity contribution in [2.45, 2.75) is 13.0 Å². The Morgan fingerprint density at radius 2 is 2.30 bits per heavy atom. The van der Waals surface area contributed by atoms with Crippen LogP contribution in [-0.2, 0) is 9.84 Å². The second-order valence-corrected chi connectivity index (χ2v) is 4.63. The van der Waals surface area contributed by atoms with Crippen LogP contribution in [-0.4, -0.2) is 31.8 Å². The van der Waals surface area contributed by atoms with Crippen molar-refractivity contribution in [3.63, 3.8) is 0 Å². The van der Waals surface area contributed by atoms with Crippen LogP contribution in [0, 0.1) is 0 Å². The quantitative estimate of drug-likeness (QED) is 0.505. The largest absolute Gasteiger partial charge is 0.387 e. The standard InChI is InChI=1S/C5H10N2O2S/c1-4-2-10(8,9)3-5(6)7-4/h4H,2-3H2,1H3,(H2,6,7)/t4-/m1/s1.